The van der Waals surface area contributed by atoms with Crippen molar-refractivity contribution in [1.82, 2.24) is 9.55 Å². The molecule has 0 spiro atoms. The third-order valence-electron chi connectivity index (χ3n) is 4.00. The van der Waals surface area contributed by atoms with Crippen LogP contribution in [0.3, 0.4) is 0 Å². The first-order chi connectivity index (χ1) is 13.3. The molecule has 0 aliphatic carbocycles. The predicted molar refractivity (Wildman–Crippen MR) is 117 cm³/mol. The minimum absolute atomic E-state index is 0.0907. The van der Waals surface area contributed by atoms with Crippen LogP contribution < -0.4 is 5.32 Å². The van der Waals surface area contributed by atoms with Gasteiger partial charge in [0.15, 0.2) is 5.13 Å². The summed E-state index contributed by atoms with van der Waals surface area (Å²) in [6.45, 7) is 14.2. The topological polar surface area (TPSA) is 56.2 Å². The fourth-order valence-corrected chi connectivity index (χ4v) is 3.76. The molecular weight excluding hydrogens is 370 g/mol. The summed E-state index contributed by atoms with van der Waals surface area (Å²) in [6, 6.07) is 3.67. The molecule has 2 heterocycles. The molecule has 1 amide bonds. The van der Waals surface area contributed by atoms with E-state index in [9.17, 15) is 4.79 Å². The van der Waals surface area contributed by atoms with Gasteiger partial charge in [-0.3, -0.25) is 10.1 Å². The van der Waals surface area contributed by atoms with Gasteiger partial charge in [-0.05, 0) is 52.3 Å². The lowest BCUT2D eigenvalue weighted by Gasteiger charge is -2.25. The van der Waals surface area contributed by atoms with Crippen LogP contribution in [0.5, 0.6) is 0 Å². The summed E-state index contributed by atoms with van der Waals surface area (Å²) in [6.07, 6.45) is 9.64. The van der Waals surface area contributed by atoms with Crippen LogP contribution >= 0.6 is 11.3 Å². The average molecular weight is 400 g/mol. The molecule has 0 radical (unpaired) electrons. The van der Waals surface area contributed by atoms with Crippen LogP contribution in [0.1, 0.15) is 50.8 Å². The van der Waals surface area contributed by atoms with E-state index in [2.05, 4.69) is 16.9 Å². The number of nitrogens with zero attached hydrogens (tertiary/aromatic N) is 2. The van der Waals surface area contributed by atoms with E-state index in [1.54, 1.807) is 12.1 Å². The standard InChI is InChI=1S/C22H29N3O2S/c1-7-10-17(11-8-2)14-25-13-9-12-18(25)20(26)24-21-23-19(15-28-21)22(5,6)27-16(3)4/h7-13,15-16H,1,14H2,2-6H3,(H,23,24,26)/b11-8-,17-10+. The summed E-state index contributed by atoms with van der Waals surface area (Å²) in [5.41, 5.74) is 1.94. The van der Waals surface area contributed by atoms with Crippen LogP contribution in [-0.4, -0.2) is 21.6 Å². The number of aromatic nitrogens is 2. The predicted octanol–water partition coefficient (Wildman–Crippen LogP) is 5.55. The van der Waals surface area contributed by atoms with Gasteiger partial charge in [0.25, 0.3) is 5.91 Å². The lowest BCUT2D eigenvalue weighted by atomic mass is 10.1. The molecule has 150 valence electrons. The van der Waals surface area contributed by atoms with Gasteiger partial charge in [-0.1, -0.05) is 30.9 Å². The fraction of sp³-hybridized carbons (Fsp3) is 0.364. The monoisotopic (exact) mass is 399 g/mol. The maximum absolute atomic E-state index is 12.8. The smallest absolute Gasteiger partial charge is 0.274 e. The second kappa shape index (κ2) is 9.66. The Hall–Kier alpha value is -2.44. The quantitative estimate of drug-likeness (QED) is 0.563. The number of amides is 1. The number of rotatable bonds is 9. The Labute approximate surface area is 171 Å². The van der Waals surface area contributed by atoms with Crippen molar-refractivity contribution in [1.29, 1.82) is 0 Å². The molecule has 2 rings (SSSR count). The number of thiazole rings is 1. The summed E-state index contributed by atoms with van der Waals surface area (Å²) in [5.74, 6) is -0.188. The van der Waals surface area contributed by atoms with Gasteiger partial charge in [0.05, 0.1) is 11.8 Å². The van der Waals surface area contributed by atoms with E-state index in [1.807, 2.05) is 75.1 Å². The Bertz CT molecular complexity index is 872. The number of allylic oxidation sites excluding steroid dienone is 5. The van der Waals surface area contributed by atoms with Gasteiger partial charge in [-0.25, -0.2) is 4.98 Å². The molecule has 0 aromatic carbocycles. The van der Waals surface area contributed by atoms with Crippen LogP contribution in [0.25, 0.3) is 0 Å². The van der Waals surface area contributed by atoms with Gasteiger partial charge in [0.2, 0.25) is 0 Å². The molecule has 2 aromatic rings. The summed E-state index contributed by atoms with van der Waals surface area (Å²) in [7, 11) is 0. The Morgan fingerprint density at radius 2 is 2.21 bits per heavy atom. The minimum atomic E-state index is -0.509. The van der Waals surface area contributed by atoms with Gasteiger partial charge >= 0.3 is 0 Å². The third kappa shape index (κ3) is 5.78. The largest absolute Gasteiger partial charge is 0.367 e. The maximum Gasteiger partial charge on any atom is 0.274 e. The van der Waals surface area contributed by atoms with Gasteiger partial charge in [-0.2, -0.15) is 0 Å². The molecule has 0 atom stereocenters. The molecule has 0 aliphatic rings. The van der Waals surface area contributed by atoms with E-state index in [1.165, 1.54) is 11.3 Å². The highest BCUT2D eigenvalue weighted by atomic mass is 32.1. The fourth-order valence-electron chi connectivity index (χ4n) is 2.90. The van der Waals surface area contributed by atoms with E-state index in [0.29, 0.717) is 17.4 Å². The van der Waals surface area contributed by atoms with Gasteiger partial charge in [0.1, 0.15) is 11.3 Å². The SMILES string of the molecule is C=C/C=C(\C=C/C)Cn1cccc1C(=O)Nc1nc(C(C)(C)OC(C)C)cs1. The summed E-state index contributed by atoms with van der Waals surface area (Å²) < 4.78 is 7.84. The molecule has 6 heteroatoms. The number of carbonyl (C=O) groups is 1. The van der Waals surface area contributed by atoms with Gasteiger partial charge in [0, 0.05) is 18.1 Å². The highest BCUT2D eigenvalue weighted by molar-refractivity contribution is 7.14. The molecule has 1 N–H and O–H groups in total. The second-order valence-electron chi connectivity index (χ2n) is 7.17. The number of nitrogens with one attached hydrogen (secondary N) is 1. The molecule has 0 unspecified atom stereocenters. The Morgan fingerprint density at radius 1 is 1.46 bits per heavy atom. The lowest BCUT2D eigenvalue weighted by Crippen LogP contribution is -2.26. The second-order valence-corrected chi connectivity index (χ2v) is 8.03. The van der Waals surface area contributed by atoms with Crippen molar-refractivity contribution in [3.8, 4) is 0 Å². The molecule has 5 nitrogen and oxygen atoms in total. The summed E-state index contributed by atoms with van der Waals surface area (Å²) in [4.78, 5) is 17.3. The van der Waals surface area contributed by atoms with Gasteiger partial charge in [-0.15, -0.1) is 11.3 Å². The lowest BCUT2D eigenvalue weighted by molar-refractivity contribution is -0.0623. The summed E-state index contributed by atoms with van der Waals surface area (Å²) in [5, 5.41) is 5.39. The van der Waals surface area contributed by atoms with E-state index in [4.69, 9.17) is 4.74 Å². The Kier molecular flexibility index (Phi) is 7.54. The third-order valence-corrected chi connectivity index (χ3v) is 4.76. The Balaban J connectivity index is 2.14. The van der Waals surface area contributed by atoms with Gasteiger partial charge < -0.3 is 9.30 Å². The van der Waals surface area contributed by atoms with Crippen molar-refractivity contribution in [2.24, 2.45) is 0 Å². The maximum atomic E-state index is 12.8. The minimum Gasteiger partial charge on any atom is -0.367 e. The van der Waals surface area contributed by atoms with E-state index < -0.39 is 5.60 Å². The van der Waals surface area contributed by atoms with E-state index >= 15 is 0 Å². The van der Waals surface area contributed by atoms with Crippen molar-refractivity contribution < 1.29 is 9.53 Å². The first kappa shape index (κ1) is 21.9. The zero-order valence-electron chi connectivity index (χ0n) is 17.2. The number of hydrogen-bond donors (Lipinski definition) is 1. The number of carbonyl (C=O) groups excluding carboxylic acids is 1. The van der Waals surface area contributed by atoms with Crippen LogP contribution in [-0.2, 0) is 16.9 Å². The van der Waals surface area contributed by atoms with E-state index in [-0.39, 0.29) is 12.0 Å². The first-order valence-electron chi connectivity index (χ1n) is 9.31. The number of hydrogen-bond acceptors (Lipinski definition) is 4. The highest BCUT2D eigenvalue weighted by Gasteiger charge is 2.26. The molecule has 0 fully saturated rings. The first-order valence-corrected chi connectivity index (χ1v) is 10.2. The normalized spacial score (nSPS) is 12.7. The van der Waals surface area contributed by atoms with Crippen LogP contribution in [0, 0.1) is 0 Å². The molecule has 0 saturated carbocycles. The van der Waals surface area contributed by atoms with Crippen molar-refractivity contribution in [3.63, 3.8) is 0 Å². The average Bonchev–Trinajstić information content (AvgIpc) is 3.24. The molecule has 28 heavy (non-hydrogen) atoms. The van der Waals surface area contributed by atoms with Crippen molar-refractivity contribution >= 4 is 22.4 Å². The number of anilines is 1. The van der Waals surface area contributed by atoms with E-state index in [0.717, 1.165) is 11.3 Å². The molecule has 2 aromatic heterocycles. The van der Waals surface area contributed by atoms with Crippen LogP contribution in [0.4, 0.5) is 5.13 Å². The molecule has 0 aliphatic heterocycles. The Morgan fingerprint density at radius 3 is 2.86 bits per heavy atom. The molecule has 0 bridgehead atoms. The highest BCUT2D eigenvalue weighted by Crippen LogP contribution is 2.29. The van der Waals surface area contributed by atoms with Crippen molar-refractivity contribution in [2.45, 2.75) is 52.9 Å². The van der Waals surface area contributed by atoms with Crippen LogP contribution in [0.2, 0.25) is 0 Å². The molecular formula is C22H29N3O2S. The molecule has 0 saturated heterocycles. The summed E-state index contributed by atoms with van der Waals surface area (Å²) >= 11 is 1.40. The van der Waals surface area contributed by atoms with Crippen molar-refractivity contribution in [2.75, 3.05) is 5.32 Å². The van der Waals surface area contributed by atoms with Crippen molar-refractivity contribution in [3.05, 3.63) is 71.6 Å². The number of ether oxygens (including phenoxy) is 1. The van der Waals surface area contributed by atoms with Crippen LogP contribution in [0.15, 0.2) is 60.2 Å². The zero-order valence-corrected chi connectivity index (χ0v) is 18.0. The zero-order chi connectivity index (χ0) is 20.7.